The lowest BCUT2D eigenvalue weighted by Crippen LogP contribution is -2.14. The van der Waals surface area contributed by atoms with Crippen LogP contribution < -0.4 is 5.32 Å². The number of halogens is 1. The third-order valence-electron chi connectivity index (χ3n) is 2.58. The molecule has 0 fully saturated rings. The molecule has 1 amide bonds. The van der Waals surface area contributed by atoms with Gasteiger partial charge in [0, 0.05) is 11.4 Å². The van der Waals surface area contributed by atoms with Crippen LogP contribution in [0.25, 0.3) is 6.08 Å². The van der Waals surface area contributed by atoms with E-state index >= 15 is 0 Å². The number of nitrogens with zero attached hydrogens (tertiary/aromatic N) is 2. The zero-order valence-electron chi connectivity index (χ0n) is 10.9. The molecule has 0 aliphatic heterocycles. The molecule has 1 N–H and O–H groups in total. The van der Waals surface area contributed by atoms with E-state index in [9.17, 15) is 19.3 Å². The minimum Gasteiger partial charge on any atom is -0.319 e. The molecule has 6 nitrogen and oxygen atoms in total. The van der Waals surface area contributed by atoms with Gasteiger partial charge in [-0.1, -0.05) is 23.5 Å². The fourth-order valence-electron chi connectivity index (χ4n) is 1.58. The Bertz CT molecular complexity index is 808. The number of amides is 1. The molecule has 1 aromatic carbocycles. The van der Waals surface area contributed by atoms with Crippen molar-refractivity contribution in [1.29, 1.82) is 5.26 Å². The quantitative estimate of drug-likeness (QED) is 0.405. The monoisotopic (exact) mass is 317 g/mol. The van der Waals surface area contributed by atoms with Crippen molar-refractivity contribution in [1.82, 2.24) is 0 Å². The second-order valence-corrected chi connectivity index (χ2v) is 4.97. The average molecular weight is 317 g/mol. The predicted octanol–water partition coefficient (Wildman–Crippen LogP) is 3.34. The smallest absolute Gasteiger partial charge is 0.319 e. The summed E-state index contributed by atoms with van der Waals surface area (Å²) in [4.78, 5) is 22.0. The number of anilines is 1. The lowest BCUT2D eigenvalue weighted by molar-refractivity contribution is -0.380. The summed E-state index contributed by atoms with van der Waals surface area (Å²) in [7, 11) is 0. The number of carbonyl (C=O) groups is 1. The van der Waals surface area contributed by atoms with Crippen LogP contribution in [0.5, 0.6) is 0 Å². The van der Waals surface area contributed by atoms with Crippen molar-refractivity contribution in [3.63, 3.8) is 0 Å². The van der Waals surface area contributed by atoms with Gasteiger partial charge in [0.05, 0.1) is 10.6 Å². The third kappa shape index (κ3) is 3.53. The Kier molecular flexibility index (Phi) is 4.60. The molecule has 0 saturated heterocycles. The topological polar surface area (TPSA) is 96.0 Å². The van der Waals surface area contributed by atoms with Crippen LogP contribution in [0.15, 0.2) is 41.3 Å². The van der Waals surface area contributed by atoms with Gasteiger partial charge < -0.3 is 5.32 Å². The highest BCUT2D eigenvalue weighted by Gasteiger charge is 2.14. The summed E-state index contributed by atoms with van der Waals surface area (Å²) in [5, 5.41) is 23.2. The standard InChI is InChI=1S/C14H8FN3O3S/c15-11-3-1-2-4-12(11)17-14(19)10(7-16)5-9-6-13(18(20)21)22-8-9/h1-6,8H,(H,17,19)/b10-5-. The number of hydrogen-bond acceptors (Lipinski definition) is 5. The molecule has 0 aliphatic rings. The Hall–Kier alpha value is -3.05. The van der Waals surface area contributed by atoms with E-state index in [2.05, 4.69) is 5.32 Å². The average Bonchev–Trinajstić information content (AvgIpc) is 2.96. The van der Waals surface area contributed by atoms with Crippen molar-refractivity contribution in [3.05, 3.63) is 62.8 Å². The summed E-state index contributed by atoms with van der Waals surface area (Å²) < 4.78 is 13.4. The van der Waals surface area contributed by atoms with E-state index in [1.165, 1.54) is 41.8 Å². The number of rotatable bonds is 4. The lowest BCUT2D eigenvalue weighted by Gasteiger charge is -2.04. The highest BCUT2D eigenvalue weighted by atomic mass is 32.1. The highest BCUT2D eigenvalue weighted by Crippen LogP contribution is 2.24. The maximum Gasteiger partial charge on any atom is 0.324 e. The molecule has 0 bridgehead atoms. The summed E-state index contributed by atoms with van der Waals surface area (Å²) in [6.45, 7) is 0. The Balaban J connectivity index is 2.22. The number of hydrogen-bond donors (Lipinski definition) is 1. The van der Waals surface area contributed by atoms with Gasteiger partial charge in [0.2, 0.25) is 0 Å². The molecular formula is C14H8FN3O3S. The first-order valence-electron chi connectivity index (χ1n) is 5.92. The SMILES string of the molecule is N#C/C(=C/c1csc([N+](=O)[O-])c1)C(=O)Nc1ccccc1F. The van der Waals surface area contributed by atoms with Crippen LogP contribution >= 0.6 is 11.3 Å². The van der Waals surface area contributed by atoms with Crippen LogP contribution in [-0.4, -0.2) is 10.8 Å². The molecule has 0 saturated carbocycles. The number of nitro groups is 1. The van der Waals surface area contributed by atoms with Crippen LogP contribution in [0.2, 0.25) is 0 Å². The van der Waals surface area contributed by atoms with Gasteiger partial charge in [-0.05, 0) is 23.8 Å². The van der Waals surface area contributed by atoms with E-state index in [4.69, 9.17) is 5.26 Å². The van der Waals surface area contributed by atoms with Crippen molar-refractivity contribution < 1.29 is 14.1 Å². The van der Waals surface area contributed by atoms with Crippen molar-refractivity contribution in [2.24, 2.45) is 0 Å². The third-order valence-corrected chi connectivity index (χ3v) is 3.48. The van der Waals surface area contributed by atoms with Gasteiger partial charge >= 0.3 is 5.00 Å². The van der Waals surface area contributed by atoms with Gasteiger partial charge in [0.1, 0.15) is 17.5 Å². The van der Waals surface area contributed by atoms with Crippen molar-refractivity contribution >= 4 is 34.0 Å². The van der Waals surface area contributed by atoms with Crippen molar-refractivity contribution in [3.8, 4) is 6.07 Å². The number of nitriles is 1. The van der Waals surface area contributed by atoms with Crippen molar-refractivity contribution in [2.75, 3.05) is 5.32 Å². The Labute approximate surface area is 128 Å². The minimum absolute atomic E-state index is 0.0510. The van der Waals surface area contributed by atoms with Crippen LogP contribution in [0.3, 0.4) is 0 Å². The fraction of sp³-hybridized carbons (Fsp3) is 0. The molecule has 22 heavy (non-hydrogen) atoms. The van der Waals surface area contributed by atoms with Gasteiger partial charge in [-0.15, -0.1) is 0 Å². The van der Waals surface area contributed by atoms with E-state index in [0.717, 1.165) is 11.3 Å². The van der Waals surface area contributed by atoms with E-state index in [1.54, 1.807) is 6.07 Å². The normalized spacial score (nSPS) is 10.8. The zero-order valence-corrected chi connectivity index (χ0v) is 11.8. The van der Waals surface area contributed by atoms with Gasteiger partial charge in [0.25, 0.3) is 5.91 Å². The first-order valence-corrected chi connectivity index (χ1v) is 6.80. The van der Waals surface area contributed by atoms with Gasteiger partial charge in [0.15, 0.2) is 0 Å². The molecule has 8 heteroatoms. The van der Waals surface area contributed by atoms with E-state index < -0.39 is 16.6 Å². The van der Waals surface area contributed by atoms with Gasteiger partial charge in [-0.3, -0.25) is 14.9 Å². The Morgan fingerprint density at radius 3 is 2.77 bits per heavy atom. The Morgan fingerprint density at radius 2 is 2.18 bits per heavy atom. The predicted molar refractivity (Wildman–Crippen MR) is 79.6 cm³/mol. The molecule has 0 unspecified atom stereocenters. The largest absolute Gasteiger partial charge is 0.324 e. The number of thiophene rings is 1. The highest BCUT2D eigenvalue weighted by molar-refractivity contribution is 7.13. The molecule has 1 heterocycles. The summed E-state index contributed by atoms with van der Waals surface area (Å²) in [5.74, 6) is -1.42. The second-order valence-electron chi connectivity index (χ2n) is 4.08. The number of para-hydroxylation sites is 1. The molecule has 0 aliphatic carbocycles. The van der Waals surface area contributed by atoms with Crippen molar-refractivity contribution in [2.45, 2.75) is 0 Å². The summed E-state index contributed by atoms with van der Waals surface area (Å²) in [5.41, 5.74) is 0.0258. The summed E-state index contributed by atoms with van der Waals surface area (Å²) >= 11 is 0.883. The first-order chi connectivity index (χ1) is 10.5. The number of nitrogens with one attached hydrogen (secondary N) is 1. The maximum atomic E-state index is 13.4. The summed E-state index contributed by atoms with van der Waals surface area (Å²) in [6.07, 6.45) is 1.21. The number of carbonyl (C=O) groups excluding carboxylic acids is 1. The second kappa shape index (κ2) is 6.60. The maximum absolute atomic E-state index is 13.4. The molecule has 0 spiro atoms. The van der Waals surface area contributed by atoms with E-state index in [0.29, 0.717) is 5.56 Å². The van der Waals surface area contributed by atoms with Crippen LogP contribution in [-0.2, 0) is 4.79 Å². The molecule has 0 radical (unpaired) electrons. The van der Waals surface area contributed by atoms with Crippen LogP contribution in [0.1, 0.15) is 5.56 Å². The van der Waals surface area contributed by atoms with Gasteiger partial charge in [-0.2, -0.15) is 5.26 Å². The molecule has 1 aromatic heterocycles. The van der Waals surface area contributed by atoms with Crippen LogP contribution in [0.4, 0.5) is 15.1 Å². The zero-order chi connectivity index (χ0) is 16.1. The van der Waals surface area contributed by atoms with E-state index in [-0.39, 0.29) is 16.3 Å². The fourth-order valence-corrected chi connectivity index (χ4v) is 2.26. The molecule has 2 rings (SSSR count). The summed E-state index contributed by atoms with van der Waals surface area (Å²) in [6, 6.07) is 8.48. The molecular weight excluding hydrogens is 309 g/mol. The first kappa shape index (κ1) is 15.3. The van der Waals surface area contributed by atoms with E-state index in [1.807, 2.05) is 0 Å². The minimum atomic E-state index is -0.790. The molecule has 0 atom stereocenters. The van der Waals surface area contributed by atoms with Gasteiger partial charge in [-0.25, -0.2) is 4.39 Å². The van der Waals surface area contributed by atoms with Crippen LogP contribution in [0, 0.1) is 27.3 Å². The lowest BCUT2D eigenvalue weighted by atomic mass is 10.2. The Morgan fingerprint density at radius 1 is 1.45 bits per heavy atom. The molecule has 2 aromatic rings. The number of benzene rings is 1. The molecule has 110 valence electrons.